The third-order valence-corrected chi connectivity index (χ3v) is 11.1. The van der Waals surface area contributed by atoms with Gasteiger partial charge in [0.1, 0.15) is 13.2 Å². The van der Waals surface area contributed by atoms with Crippen molar-refractivity contribution < 1.29 is 28.6 Å². The normalized spacial score (nSPS) is 13.0. The molecule has 374 valence electrons. The molecule has 66 heavy (non-hydrogen) atoms. The maximum Gasteiger partial charge on any atom is 0.306 e. The van der Waals surface area contributed by atoms with Crippen LogP contribution in [-0.2, 0) is 28.6 Å². The van der Waals surface area contributed by atoms with Gasteiger partial charge in [-0.15, -0.1) is 0 Å². The van der Waals surface area contributed by atoms with Crippen LogP contribution in [0.5, 0.6) is 0 Å². The topological polar surface area (TPSA) is 78.9 Å². The molecular formula is C60H98O6. The summed E-state index contributed by atoms with van der Waals surface area (Å²) in [6.07, 6.45) is 72.3. The standard InChI is InChI=1S/C60H98O6/c1-4-7-10-13-16-19-22-25-27-29-31-32-35-38-41-44-47-50-53-59(62)65-56-57(55-64-58(61)52-49-46-43-40-37-34-24-21-18-15-12-9-6-3)66-60(63)54-51-48-45-42-39-36-33-30-28-26-23-20-17-14-11-8-5-2/h9,12,15,17-18,20-21,24,26,28,31-34,36-37,42,45,57H,4-8,10-11,13-14,16,19,22-23,25,27,29-30,35,38-41,43-44,46-56H2,1-3H3/b12-9-,18-15-,20-17-,24-21-,28-26-,32-31-,36-33-,37-34-,45-42-. The highest BCUT2D eigenvalue weighted by Gasteiger charge is 2.19. The molecule has 6 nitrogen and oxygen atoms in total. The number of hydrogen-bond acceptors (Lipinski definition) is 6. The molecule has 0 rings (SSSR count). The summed E-state index contributed by atoms with van der Waals surface area (Å²) < 4.78 is 16.7. The van der Waals surface area contributed by atoms with E-state index in [-0.39, 0.29) is 37.5 Å². The van der Waals surface area contributed by atoms with Crippen LogP contribution in [0.4, 0.5) is 0 Å². The first-order valence-electron chi connectivity index (χ1n) is 26.9. The molecule has 0 heterocycles. The van der Waals surface area contributed by atoms with Gasteiger partial charge in [0, 0.05) is 19.3 Å². The van der Waals surface area contributed by atoms with Gasteiger partial charge in [-0.1, -0.05) is 220 Å². The summed E-state index contributed by atoms with van der Waals surface area (Å²) in [7, 11) is 0. The Balaban J connectivity index is 4.53. The Morgan fingerprint density at radius 2 is 0.667 bits per heavy atom. The van der Waals surface area contributed by atoms with E-state index in [1.807, 2.05) is 36.5 Å². The Morgan fingerprint density at radius 3 is 1.17 bits per heavy atom. The smallest absolute Gasteiger partial charge is 0.306 e. The summed E-state index contributed by atoms with van der Waals surface area (Å²) in [5.74, 6) is -1.03. The zero-order valence-corrected chi connectivity index (χ0v) is 42.7. The summed E-state index contributed by atoms with van der Waals surface area (Å²) in [6.45, 7) is 6.37. The molecular weight excluding hydrogens is 817 g/mol. The second kappa shape index (κ2) is 53.7. The van der Waals surface area contributed by atoms with Crippen LogP contribution in [-0.4, -0.2) is 37.2 Å². The average Bonchev–Trinajstić information content (AvgIpc) is 3.31. The maximum atomic E-state index is 12.8. The number of unbranched alkanes of at least 4 members (excludes halogenated alkanes) is 21. The van der Waals surface area contributed by atoms with Crippen molar-refractivity contribution in [2.45, 2.75) is 239 Å². The number of carbonyl (C=O) groups excluding carboxylic acids is 3. The van der Waals surface area contributed by atoms with Gasteiger partial charge < -0.3 is 14.2 Å². The van der Waals surface area contributed by atoms with Crippen LogP contribution < -0.4 is 0 Å². The molecule has 0 N–H and O–H groups in total. The molecule has 0 amide bonds. The minimum Gasteiger partial charge on any atom is -0.462 e. The number of allylic oxidation sites excluding steroid dienone is 18. The largest absolute Gasteiger partial charge is 0.462 e. The fourth-order valence-electron chi connectivity index (χ4n) is 7.03. The third-order valence-electron chi connectivity index (χ3n) is 11.1. The molecule has 1 atom stereocenters. The number of hydrogen-bond donors (Lipinski definition) is 0. The van der Waals surface area contributed by atoms with Crippen LogP contribution in [0.15, 0.2) is 109 Å². The first-order chi connectivity index (χ1) is 32.5. The first kappa shape index (κ1) is 62.1. The van der Waals surface area contributed by atoms with E-state index in [1.54, 1.807) is 0 Å². The third kappa shape index (κ3) is 51.1. The lowest BCUT2D eigenvalue weighted by Crippen LogP contribution is -2.30. The summed E-state index contributed by atoms with van der Waals surface area (Å²) in [5.41, 5.74) is 0. The van der Waals surface area contributed by atoms with Crippen LogP contribution in [0.25, 0.3) is 0 Å². The van der Waals surface area contributed by atoms with Crippen molar-refractivity contribution in [3.63, 3.8) is 0 Å². The van der Waals surface area contributed by atoms with Crippen LogP contribution >= 0.6 is 0 Å². The molecule has 0 aliphatic heterocycles. The van der Waals surface area contributed by atoms with Crippen LogP contribution in [0.1, 0.15) is 233 Å². The molecule has 0 saturated carbocycles. The molecule has 0 saturated heterocycles. The van der Waals surface area contributed by atoms with Crippen molar-refractivity contribution in [3.05, 3.63) is 109 Å². The monoisotopic (exact) mass is 915 g/mol. The van der Waals surface area contributed by atoms with Crippen molar-refractivity contribution in [1.29, 1.82) is 0 Å². The lowest BCUT2D eigenvalue weighted by molar-refractivity contribution is -0.167. The highest BCUT2D eigenvalue weighted by atomic mass is 16.6. The summed E-state index contributed by atoms with van der Waals surface area (Å²) in [4.78, 5) is 38.0. The van der Waals surface area contributed by atoms with E-state index < -0.39 is 6.10 Å². The molecule has 0 aromatic carbocycles. The molecule has 0 radical (unpaired) electrons. The number of ether oxygens (including phenoxy) is 3. The van der Waals surface area contributed by atoms with Crippen LogP contribution in [0.2, 0.25) is 0 Å². The molecule has 0 fully saturated rings. The molecule has 0 aromatic heterocycles. The Kier molecular flexibility index (Phi) is 50.5. The fraction of sp³-hybridized carbons (Fsp3) is 0.650. The van der Waals surface area contributed by atoms with Crippen LogP contribution in [0, 0.1) is 0 Å². The summed E-state index contributed by atoms with van der Waals surface area (Å²) in [5, 5.41) is 0. The van der Waals surface area contributed by atoms with Gasteiger partial charge in [-0.05, 0) is 103 Å². The van der Waals surface area contributed by atoms with Crippen molar-refractivity contribution in [2.75, 3.05) is 13.2 Å². The Hall–Kier alpha value is -3.93. The summed E-state index contributed by atoms with van der Waals surface area (Å²) in [6, 6.07) is 0. The van der Waals surface area contributed by atoms with Crippen molar-refractivity contribution in [3.8, 4) is 0 Å². The van der Waals surface area contributed by atoms with E-state index in [4.69, 9.17) is 14.2 Å². The Labute approximate surface area is 406 Å². The van der Waals surface area contributed by atoms with Crippen molar-refractivity contribution in [1.82, 2.24) is 0 Å². The predicted molar refractivity (Wildman–Crippen MR) is 283 cm³/mol. The van der Waals surface area contributed by atoms with E-state index in [0.29, 0.717) is 19.3 Å². The number of carbonyl (C=O) groups is 3. The number of esters is 3. The van der Waals surface area contributed by atoms with E-state index in [1.165, 1.54) is 96.3 Å². The van der Waals surface area contributed by atoms with Gasteiger partial charge in [0.15, 0.2) is 6.10 Å². The zero-order chi connectivity index (χ0) is 47.9. The summed E-state index contributed by atoms with van der Waals surface area (Å²) >= 11 is 0. The average molecular weight is 915 g/mol. The Morgan fingerprint density at radius 1 is 0.333 bits per heavy atom. The van der Waals surface area contributed by atoms with Crippen molar-refractivity contribution in [2.24, 2.45) is 0 Å². The first-order valence-corrected chi connectivity index (χ1v) is 26.9. The van der Waals surface area contributed by atoms with E-state index in [0.717, 1.165) is 89.9 Å². The molecule has 6 heteroatoms. The predicted octanol–water partition coefficient (Wildman–Crippen LogP) is 17.9. The SMILES string of the molecule is CC\C=C/C=C\C=C/C=C\CCCCCC(=O)OCC(COC(=O)CCCCCCC/C=C\CCCCCCCCCCC)OC(=O)CCC/C=C\C/C=C\C/C=C\C/C=C\CCCCC. The molecule has 0 aromatic rings. The van der Waals surface area contributed by atoms with E-state index in [9.17, 15) is 14.4 Å². The van der Waals surface area contributed by atoms with Crippen LogP contribution in [0.3, 0.4) is 0 Å². The van der Waals surface area contributed by atoms with E-state index >= 15 is 0 Å². The fourth-order valence-corrected chi connectivity index (χ4v) is 7.03. The zero-order valence-electron chi connectivity index (χ0n) is 42.7. The molecule has 1 unspecified atom stereocenters. The maximum absolute atomic E-state index is 12.8. The Bertz CT molecular complexity index is 1370. The molecule has 0 spiro atoms. The minimum absolute atomic E-state index is 0.119. The second-order valence-electron chi connectivity index (χ2n) is 17.5. The van der Waals surface area contributed by atoms with Gasteiger partial charge in [-0.2, -0.15) is 0 Å². The van der Waals surface area contributed by atoms with Gasteiger partial charge in [-0.3, -0.25) is 14.4 Å². The van der Waals surface area contributed by atoms with Gasteiger partial charge >= 0.3 is 17.9 Å². The highest BCUT2D eigenvalue weighted by molar-refractivity contribution is 5.71. The minimum atomic E-state index is -0.828. The second-order valence-corrected chi connectivity index (χ2v) is 17.5. The molecule has 0 aliphatic carbocycles. The molecule has 0 bridgehead atoms. The quantitative estimate of drug-likeness (QED) is 0.0199. The molecule has 0 aliphatic rings. The van der Waals surface area contributed by atoms with E-state index in [2.05, 4.69) is 93.7 Å². The van der Waals surface area contributed by atoms with Gasteiger partial charge in [0.2, 0.25) is 0 Å². The lowest BCUT2D eigenvalue weighted by atomic mass is 10.1. The van der Waals surface area contributed by atoms with Gasteiger partial charge in [0.25, 0.3) is 0 Å². The van der Waals surface area contributed by atoms with Gasteiger partial charge in [0.05, 0.1) is 0 Å². The van der Waals surface area contributed by atoms with Crippen molar-refractivity contribution >= 4 is 17.9 Å². The lowest BCUT2D eigenvalue weighted by Gasteiger charge is -2.18. The van der Waals surface area contributed by atoms with Gasteiger partial charge in [-0.25, -0.2) is 0 Å². The highest BCUT2D eigenvalue weighted by Crippen LogP contribution is 2.13. The number of rotatable bonds is 47.